The van der Waals surface area contributed by atoms with Crippen LogP contribution < -0.4 is 0 Å². The van der Waals surface area contributed by atoms with Gasteiger partial charge in [0.1, 0.15) is 5.76 Å². The van der Waals surface area contributed by atoms with Gasteiger partial charge in [-0.25, -0.2) is 8.42 Å². The van der Waals surface area contributed by atoms with Gasteiger partial charge in [0.05, 0.1) is 11.2 Å². The van der Waals surface area contributed by atoms with E-state index in [9.17, 15) is 8.42 Å². The van der Waals surface area contributed by atoms with Crippen LogP contribution in [0.5, 0.6) is 0 Å². The van der Waals surface area contributed by atoms with E-state index in [2.05, 4.69) is 0 Å². The summed E-state index contributed by atoms with van der Waals surface area (Å²) in [6.45, 7) is 0.777. The van der Waals surface area contributed by atoms with Gasteiger partial charge in [0.25, 0.3) is 0 Å². The fraction of sp³-hybridized carbons (Fsp3) is 0.143. The average Bonchev–Trinajstić information content (AvgIpc) is 3.15. The smallest absolute Gasteiger partial charge is 0.243 e. The van der Waals surface area contributed by atoms with Gasteiger partial charge in [-0.3, -0.25) is 0 Å². The molecule has 27 heavy (non-hydrogen) atoms. The fourth-order valence-corrected chi connectivity index (χ4v) is 4.74. The molecule has 4 nitrogen and oxygen atoms in total. The summed E-state index contributed by atoms with van der Waals surface area (Å²) in [6, 6.07) is 16.3. The lowest BCUT2D eigenvalue weighted by atomic mass is 10.1. The van der Waals surface area contributed by atoms with E-state index in [-0.39, 0.29) is 0 Å². The first-order chi connectivity index (χ1) is 13.0. The Kier molecular flexibility index (Phi) is 4.91. The van der Waals surface area contributed by atoms with E-state index in [0.717, 1.165) is 22.5 Å². The van der Waals surface area contributed by atoms with Gasteiger partial charge in [0, 0.05) is 30.1 Å². The van der Waals surface area contributed by atoms with Gasteiger partial charge in [-0.1, -0.05) is 54.1 Å². The Labute approximate surface area is 163 Å². The second-order valence-corrected chi connectivity index (χ2v) is 8.73. The maximum absolute atomic E-state index is 12.9. The molecule has 0 amide bonds. The Balaban J connectivity index is 1.52. The van der Waals surface area contributed by atoms with Gasteiger partial charge in [-0.2, -0.15) is 4.31 Å². The topological polar surface area (TPSA) is 50.5 Å². The lowest BCUT2D eigenvalue weighted by Gasteiger charge is -2.25. The zero-order valence-electron chi connectivity index (χ0n) is 14.5. The number of nitrogens with zero attached hydrogens (tertiary/aromatic N) is 1. The minimum Gasteiger partial charge on any atom is -0.469 e. The highest BCUT2D eigenvalue weighted by atomic mass is 35.5. The molecule has 0 radical (unpaired) electrons. The normalized spacial score (nSPS) is 15.1. The minimum absolute atomic E-state index is 0.296. The molecule has 1 aliphatic heterocycles. The molecule has 0 fully saturated rings. The first kappa shape index (κ1) is 18.0. The molecule has 2 aromatic carbocycles. The molecule has 0 atom stereocenters. The van der Waals surface area contributed by atoms with Crippen LogP contribution in [0.15, 0.2) is 70.2 Å². The molecule has 0 spiro atoms. The molecule has 0 N–H and O–H groups in total. The van der Waals surface area contributed by atoms with E-state index in [1.54, 1.807) is 30.5 Å². The highest BCUT2D eigenvalue weighted by Crippen LogP contribution is 2.26. The van der Waals surface area contributed by atoms with Gasteiger partial charge < -0.3 is 4.42 Å². The Morgan fingerprint density at radius 1 is 1.00 bits per heavy atom. The van der Waals surface area contributed by atoms with E-state index in [4.69, 9.17) is 16.0 Å². The van der Waals surface area contributed by atoms with Crippen molar-refractivity contribution in [3.63, 3.8) is 0 Å². The van der Waals surface area contributed by atoms with E-state index < -0.39 is 10.0 Å². The maximum Gasteiger partial charge on any atom is 0.243 e. The third-order valence-corrected chi connectivity index (χ3v) is 6.85. The van der Waals surface area contributed by atoms with E-state index in [1.807, 2.05) is 42.5 Å². The van der Waals surface area contributed by atoms with Gasteiger partial charge in [0.2, 0.25) is 10.0 Å². The number of halogens is 1. The summed E-state index contributed by atoms with van der Waals surface area (Å²) in [5, 5.41) is 0.677. The molecule has 0 unspecified atom stereocenters. The molecule has 0 saturated heterocycles. The SMILES string of the molecule is O=S(=O)(c1ccc(/C=C\c2ccccc2Cl)cc1)N1CCc2occc2C1. The molecule has 0 aliphatic carbocycles. The Bertz CT molecular complexity index is 1080. The van der Waals surface area contributed by atoms with Crippen molar-refractivity contribution in [2.45, 2.75) is 17.9 Å². The Morgan fingerprint density at radius 3 is 2.56 bits per heavy atom. The molecule has 4 rings (SSSR count). The highest BCUT2D eigenvalue weighted by molar-refractivity contribution is 7.89. The summed E-state index contributed by atoms with van der Waals surface area (Å²) in [6.07, 6.45) is 6.04. The molecule has 0 saturated carbocycles. The number of rotatable bonds is 4. The lowest BCUT2D eigenvalue weighted by Crippen LogP contribution is -2.35. The maximum atomic E-state index is 12.9. The zero-order valence-corrected chi connectivity index (χ0v) is 16.1. The second kappa shape index (κ2) is 7.35. The van der Waals surface area contributed by atoms with Crippen molar-refractivity contribution in [3.05, 3.63) is 88.3 Å². The number of benzene rings is 2. The third kappa shape index (κ3) is 3.72. The summed E-state index contributed by atoms with van der Waals surface area (Å²) < 4.78 is 32.7. The summed E-state index contributed by atoms with van der Waals surface area (Å²) >= 11 is 6.15. The summed E-state index contributed by atoms with van der Waals surface area (Å²) in [5.74, 6) is 0.876. The van der Waals surface area contributed by atoms with Crippen LogP contribution in [-0.2, 0) is 23.0 Å². The van der Waals surface area contributed by atoms with Crippen LogP contribution >= 0.6 is 11.6 Å². The number of hydrogen-bond donors (Lipinski definition) is 0. The molecule has 1 aromatic heterocycles. The summed E-state index contributed by atoms with van der Waals surface area (Å²) in [4.78, 5) is 0.296. The molecule has 3 aromatic rings. The first-order valence-electron chi connectivity index (χ1n) is 8.62. The number of sulfonamides is 1. The van der Waals surface area contributed by atoms with Crippen LogP contribution in [0.1, 0.15) is 22.5 Å². The van der Waals surface area contributed by atoms with Gasteiger partial charge >= 0.3 is 0 Å². The lowest BCUT2D eigenvalue weighted by molar-refractivity contribution is 0.362. The average molecular weight is 400 g/mol. The van der Waals surface area contributed by atoms with Crippen LogP contribution in [0.3, 0.4) is 0 Å². The van der Waals surface area contributed by atoms with Gasteiger partial charge in [-0.05, 0) is 35.4 Å². The highest BCUT2D eigenvalue weighted by Gasteiger charge is 2.29. The van der Waals surface area contributed by atoms with Crippen molar-refractivity contribution in [3.8, 4) is 0 Å². The van der Waals surface area contributed by atoms with Crippen molar-refractivity contribution in [1.29, 1.82) is 0 Å². The monoisotopic (exact) mass is 399 g/mol. The largest absolute Gasteiger partial charge is 0.469 e. The third-order valence-electron chi connectivity index (χ3n) is 4.65. The Morgan fingerprint density at radius 2 is 1.78 bits per heavy atom. The number of furan rings is 1. The van der Waals surface area contributed by atoms with Gasteiger partial charge in [-0.15, -0.1) is 0 Å². The van der Waals surface area contributed by atoms with E-state index >= 15 is 0 Å². The molecular formula is C21H18ClNO3S. The van der Waals surface area contributed by atoms with Crippen LogP contribution in [0, 0.1) is 0 Å². The summed E-state index contributed by atoms with van der Waals surface area (Å²) in [7, 11) is -3.53. The van der Waals surface area contributed by atoms with Crippen LogP contribution in [-0.4, -0.2) is 19.3 Å². The molecule has 1 aliphatic rings. The zero-order chi connectivity index (χ0) is 18.9. The van der Waals surface area contributed by atoms with E-state index in [0.29, 0.717) is 29.4 Å². The predicted octanol–water partition coefficient (Wildman–Crippen LogP) is 4.85. The van der Waals surface area contributed by atoms with Crippen LogP contribution in [0.4, 0.5) is 0 Å². The molecule has 2 heterocycles. The fourth-order valence-electron chi connectivity index (χ4n) is 3.12. The van der Waals surface area contributed by atoms with Crippen molar-refractivity contribution in [2.75, 3.05) is 6.54 Å². The molecule has 6 heteroatoms. The van der Waals surface area contributed by atoms with Crippen molar-refractivity contribution >= 4 is 33.8 Å². The standard InChI is InChI=1S/C21H18ClNO3S/c22-20-4-2-1-3-17(20)8-5-16-6-9-19(10-7-16)27(24,25)23-13-11-21-18(15-23)12-14-26-21/h1-10,12,14H,11,13,15H2/b8-5-. The number of fused-ring (bicyclic) bond motifs is 1. The van der Waals surface area contributed by atoms with Crippen molar-refractivity contribution in [1.82, 2.24) is 4.31 Å². The van der Waals surface area contributed by atoms with Gasteiger partial charge in [0.15, 0.2) is 0 Å². The van der Waals surface area contributed by atoms with Crippen molar-refractivity contribution < 1.29 is 12.8 Å². The molecule has 0 bridgehead atoms. The summed E-state index contributed by atoms with van der Waals surface area (Å²) in [5.41, 5.74) is 2.76. The van der Waals surface area contributed by atoms with E-state index in [1.165, 1.54) is 4.31 Å². The second-order valence-electron chi connectivity index (χ2n) is 6.38. The molecule has 138 valence electrons. The first-order valence-corrected chi connectivity index (χ1v) is 10.4. The molecular weight excluding hydrogens is 382 g/mol. The Hall–Kier alpha value is -2.34. The predicted molar refractivity (Wildman–Crippen MR) is 107 cm³/mol. The quantitative estimate of drug-likeness (QED) is 0.589. The van der Waals surface area contributed by atoms with Crippen molar-refractivity contribution in [2.24, 2.45) is 0 Å². The van der Waals surface area contributed by atoms with Crippen LogP contribution in [0.25, 0.3) is 12.2 Å². The minimum atomic E-state index is -3.53. The van der Waals surface area contributed by atoms with Crippen LogP contribution in [0.2, 0.25) is 5.02 Å². The number of hydrogen-bond acceptors (Lipinski definition) is 3.